The fourth-order valence-corrected chi connectivity index (χ4v) is 3.17. The molecular weight excluding hydrogens is 278 g/mol. The second-order valence-electron chi connectivity index (χ2n) is 7.19. The van der Waals surface area contributed by atoms with Crippen LogP contribution in [0.1, 0.15) is 26.7 Å². The van der Waals surface area contributed by atoms with E-state index in [1.807, 2.05) is 6.07 Å². The van der Waals surface area contributed by atoms with Gasteiger partial charge in [0.2, 0.25) is 0 Å². The lowest BCUT2D eigenvalue weighted by molar-refractivity contribution is 0.254. The zero-order valence-electron chi connectivity index (χ0n) is 14.2. The topological polar surface area (TPSA) is 64.5 Å². The van der Waals surface area contributed by atoms with Crippen molar-refractivity contribution in [1.82, 2.24) is 14.9 Å². The van der Waals surface area contributed by atoms with Crippen LogP contribution in [0.3, 0.4) is 0 Å². The Labute approximate surface area is 133 Å². The molecule has 1 aliphatic rings. The van der Waals surface area contributed by atoms with E-state index in [0.717, 1.165) is 44.1 Å². The van der Waals surface area contributed by atoms with Gasteiger partial charge in [0.15, 0.2) is 0 Å². The minimum absolute atomic E-state index is 0.163. The van der Waals surface area contributed by atoms with Crippen LogP contribution < -0.4 is 10.2 Å². The van der Waals surface area contributed by atoms with Crippen LogP contribution in [0.15, 0.2) is 12.4 Å². The van der Waals surface area contributed by atoms with E-state index < -0.39 is 0 Å². The van der Waals surface area contributed by atoms with Crippen molar-refractivity contribution in [3.63, 3.8) is 0 Å². The van der Waals surface area contributed by atoms with Crippen LogP contribution in [0.25, 0.3) is 0 Å². The molecule has 6 nitrogen and oxygen atoms in total. The number of rotatable bonds is 7. The summed E-state index contributed by atoms with van der Waals surface area (Å²) >= 11 is 0. The smallest absolute Gasteiger partial charge is 0.134 e. The minimum atomic E-state index is 0.163. The molecule has 0 saturated carbocycles. The summed E-state index contributed by atoms with van der Waals surface area (Å²) in [6.45, 7) is 7.48. The maximum atomic E-state index is 9.46. The molecule has 2 heterocycles. The third-order valence-electron chi connectivity index (χ3n) is 4.03. The maximum Gasteiger partial charge on any atom is 0.134 e. The molecule has 1 fully saturated rings. The van der Waals surface area contributed by atoms with Gasteiger partial charge in [-0.25, -0.2) is 9.97 Å². The molecule has 0 aromatic carbocycles. The number of hydrogen-bond acceptors (Lipinski definition) is 6. The Morgan fingerprint density at radius 2 is 2.18 bits per heavy atom. The van der Waals surface area contributed by atoms with Gasteiger partial charge in [-0.05, 0) is 32.4 Å². The quantitative estimate of drug-likeness (QED) is 0.795. The molecule has 1 saturated heterocycles. The molecule has 0 bridgehead atoms. The molecule has 1 atom stereocenters. The zero-order chi connectivity index (χ0) is 16.2. The Balaban J connectivity index is 2.00. The van der Waals surface area contributed by atoms with Crippen LogP contribution in [0.4, 0.5) is 11.6 Å². The van der Waals surface area contributed by atoms with Crippen molar-refractivity contribution in [3.8, 4) is 0 Å². The predicted molar refractivity (Wildman–Crippen MR) is 90.3 cm³/mol. The number of aromatic nitrogens is 2. The van der Waals surface area contributed by atoms with Crippen LogP contribution in [0.5, 0.6) is 0 Å². The number of anilines is 2. The van der Waals surface area contributed by atoms with Crippen molar-refractivity contribution < 1.29 is 5.11 Å². The maximum absolute atomic E-state index is 9.46. The Kier molecular flexibility index (Phi) is 5.58. The fraction of sp³-hybridized carbons (Fsp3) is 0.750. The van der Waals surface area contributed by atoms with Crippen molar-refractivity contribution in [2.45, 2.75) is 32.7 Å². The highest BCUT2D eigenvalue weighted by Crippen LogP contribution is 2.25. The summed E-state index contributed by atoms with van der Waals surface area (Å²) in [5.41, 5.74) is 0.163. The third-order valence-corrected chi connectivity index (χ3v) is 4.03. The summed E-state index contributed by atoms with van der Waals surface area (Å²) in [7, 11) is 4.18. The Hall–Kier alpha value is -1.40. The van der Waals surface area contributed by atoms with E-state index in [2.05, 4.69) is 53.0 Å². The Morgan fingerprint density at radius 1 is 1.41 bits per heavy atom. The average molecular weight is 307 g/mol. The lowest BCUT2D eigenvalue weighted by Gasteiger charge is -2.29. The summed E-state index contributed by atoms with van der Waals surface area (Å²) in [4.78, 5) is 13.1. The first-order valence-electron chi connectivity index (χ1n) is 7.99. The SMILES string of the molecule is CN(C)CC(C)(C)CNc1cc(N2CCCC2CO)ncn1. The molecule has 2 rings (SSSR count). The molecule has 1 aromatic heterocycles. The molecular formula is C16H29N5O. The molecule has 1 aromatic rings. The van der Waals surface area contributed by atoms with E-state index in [0.29, 0.717) is 0 Å². The van der Waals surface area contributed by atoms with Crippen LogP contribution >= 0.6 is 0 Å². The lowest BCUT2D eigenvalue weighted by atomic mass is 9.93. The molecule has 1 aliphatic heterocycles. The highest BCUT2D eigenvalue weighted by molar-refractivity contribution is 5.49. The normalized spacial score (nSPS) is 19.0. The summed E-state index contributed by atoms with van der Waals surface area (Å²) < 4.78 is 0. The van der Waals surface area contributed by atoms with E-state index >= 15 is 0 Å². The van der Waals surface area contributed by atoms with Crippen LogP contribution in [-0.2, 0) is 0 Å². The van der Waals surface area contributed by atoms with Crippen LogP contribution in [0.2, 0.25) is 0 Å². The molecule has 0 radical (unpaired) electrons. The second-order valence-corrected chi connectivity index (χ2v) is 7.19. The molecule has 22 heavy (non-hydrogen) atoms. The summed E-state index contributed by atoms with van der Waals surface area (Å²) in [5.74, 6) is 1.75. The van der Waals surface area contributed by atoms with E-state index in [9.17, 15) is 5.11 Å². The molecule has 0 amide bonds. The van der Waals surface area contributed by atoms with E-state index in [1.54, 1.807) is 6.33 Å². The van der Waals surface area contributed by atoms with Gasteiger partial charge in [0, 0.05) is 25.7 Å². The van der Waals surface area contributed by atoms with Gasteiger partial charge in [-0.15, -0.1) is 0 Å². The highest BCUT2D eigenvalue weighted by Gasteiger charge is 2.25. The second kappa shape index (κ2) is 7.24. The summed E-state index contributed by atoms with van der Waals surface area (Å²) in [5, 5.41) is 12.9. The molecule has 6 heteroatoms. The van der Waals surface area contributed by atoms with Gasteiger partial charge in [-0.3, -0.25) is 0 Å². The average Bonchev–Trinajstić information content (AvgIpc) is 2.93. The van der Waals surface area contributed by atoms with Gasteiger partial charge in [-0.2, -0.15) is 0 Å². The molecule has 0 spiro atoms. The third kappa shape index (κ3) is 4.55. The first-order valence-corrected chi connectivity index (χ1v) is 7.99. The number of aliphatic hydroxyl groups excluding tert-OH is 1. The van der Waals surface area contributed by atoms with Gasteiger partial charge in [-0.1, -0.05) is 13.8 Å². The van der Waals surface area contributed by atoms with Gasteiger partial charge >= 0.3 is 0 Å². The van der Waals surface area contributed by atoms with Crippen molar-refractivity contribution in [3.05, 3.63) is 12.4 Å². The summed E-state index contributed by atoms with van der Waals surface area (Å²) in [6, 6.07) is 2.17. The van der Waals surface area contributed by atoms with Crippen molar-refractivity contribution >= 4 is 11.6 Å². The van der Waals surface area contributed by atoms with E-state index in [4.69, 9.17) is 0 Å². The lowest BCUT2D eigenvalue weighted by Crippen LogP contribution is -2.35. The Bertz CT molecular complexity index is 477. The molecule has 0 aliphatic carbocycles. The highest BCUT2D eigenvalue weighted by atomic mass is 16.3. The molecule has 2 N–H and O–H groups in total. The standard InChI is InChI=1S/C16H29N5O/c1-16(2,11-20(3)4)10-17-14-8-15(19-12-18-14)21-7-5-6-13(21)9-22/h8,12-13,22H,5-7,9-11H2,1-4H3,(H,17,18,19). The predicted octanol–water partition coefficient (Wildman–Crippen LogP) is 1.44. The largest absolute Gasteiger partial charge is 0.394 e. The van der Waals surface area contributed by atoms with E-state index in [-0.39, 0.29) is 18.1 Å². The molecule has 124 valence electrons. The number of aliphatic hydroxyl groups is 1. The first-order chi connectivity index (χ1) is 10.4. The van der Waals surface area contributed by atoms with Crippen LogP contribution in [0, 0.1) is 5.41 Å². The number of nitrogens with zero attached hydrogens (tertiary/aromatic N) is 4. The van der Waals surface area contributed by atoms with E-state index in [1.165, 1.54) is 0 Å². The Morgan fingerprint density at radius 3 is 2.86 bits per heavy atom. The van der Waals surface area contributed by atoms with Crippen molar-refractivity contribution in [2.24, 2.45) is 5.41 Å². The van der Waals surface area contributed by atoms with Gasteiger partial charge in [0.05, 0.1) is 12.6 Å². The summed E-state index contributed by atoms with van der Waals surface area (Å²) in [6.07, 6.45) is 3.73. The van der Waals surface area contributed by atoms with Crippen LogP contribution in [-0.4, -0.2) is 66.4 Å². The van der Waals surface area contributed by atoms with Crippen molar-refractivity contribution in [2.75, 3.05) is 50.6 Å². The number of nitrogens with one attached hydrogen (secondary N) is 1. The zero-order valence-corrected chi connectivity index (χ0v) is 14.2. The molecule has 1 unspecified atom stereocenters. The van der Waals surface area contributed by atoms with Gasteiger partial charge in [0.25, 0.3) is 0 Å². The van der Waals surface area contributed by atoms with Gasteiger partial charge in [0.1, 0.15) is 18.0 Å². The minimum Gasteiger partial charge on any atom is -0.394 e. The van der Waals surface area contributed by atoms with Gasteiger partial charge < -0.3 is 20.2 Å². The monoisotopic (exact) mass is 307 g/mol. The fourth-order valence-electron chi connectivity index (χ4n) is 3.17. The first kappa shape index (κ1) is 17.0. The van der Waals surface area contributed by atoms with Crippen molar-refractivity contribution in [1.29, 1.82) is 0 Å². The number of hydrogen-bond donors (Lipinski definition) is 2.